The van der Waals surface area contributed by atoms with E-state index in [2.05, 4.69) is 13.8 Å². The fourth-order valence-electron chi connectivity index (χ4n) is 2.65. The number of nitrogens with zero attached hydrogens (tertiary/aromatic N) is 1. The lowest BCUT2D eigenvalue weighted by Gasteiger charge is -2.34. The average Bonchev–Trinajstić information content (AvgIpc) is 2.26. The van der Waals surface area contributed by atoms with Gasteiger partial charge in [0, 0.05) is 0 Å². The minimum Gasteiger partial charge on any atom is -0.329 e. The molecule has 120 valence electrons. The van der Waals surface area contributed by atoms with E-state index < -0.39 is 7.82 Å². The Morgan fingerprint density at radius 3 is 2.40 bits per heavy atom. The van der Waals surface area contributed by atoms with Gasteiger partial charge in [-0.2, -0.15) is 0 Å². The first kappa shape index (κ1) is 18.1. The Labute approximate surface area is 123 Å². The van der Waals surface area contributed by atoms with Crippen LogP contribution in [0.15, 0.2) is 0 Å². The molecule has 6 heteroatoms. The van der Waals surface area contributed by atoms with Crippen LogP contribution in [-0.2, 0) is 13.6 Å². The van der Waals surface area contributed by atoms with Crippen LogP contribution in [0, 0.1) is 11.8 Å². The standard InChI is InChI=1S/C14H30NO4P/c1-12(2)13-8-6-7-9-14(13)19-20(16,17)18-11-10-15(3,4)5/h12-14H,6-11H2,1-5H3/p+1. The SMILES string of the molecule is CC(C)C1CCCCC1OP(=O)(O)OCC[N+](C)(C)C. The molecule has 0 heterocycles. The molecule has 1 saturated carbocycles. The lowest BCUT2D eigenvalue weighted by Crippen LogP contribution is -2.37. The van der Waals surface area contributed by atoms with E-state index in [-0.39, 0.29) is 12.7 Å². The maximum Gasteiger partial charge on any atom is 0.472 e. The fraction of sp³-hybridized carbons (Fsp3) is 1.00. The van der Waals surface area contributed by atoms with E-state index >= 15 is 0 Å². The summed E-state index contributed by atoms with van der Waals surface area (Å²) in [5.41, 5.74) is 0. The molecule has 1 fully saturated rings. The van der Waals surface area contributed by atoms with Gasteiger partial charge in [0.25, 0.3) is 0 Å². The van der Waals surface area contributed by atoms with Crippen molar-refractivity contribution in [2.24, 2.45) is 11.8 Å². The van der Waals surface area contributed by atoms with Crippen molar-refractivity contribution in [3.8, 4) is 0 Å². The van der Waals surface area contributed by atoms with Gasteiger partial charge in [-0.1, -0.05) is 26.7 Å². The van der Waals surface area contributed by atoms with Crippen molar-refractivity contribution in [1.82, 2.24) is 0 Å². The zero-order chi connectivity index (χ0) is 15.4. The van der Waals surface area contributed by atoms with Crippen LogP contribution in [0.25, 0.3) is 0 Å². The van der Waals surface area contributed by atoms with E-state index in [1.54, 1.807) is 0 Å². The highest BCUT2D eigenvalue weighted by Gasteiger charge is 2.35. The first-order valence-corrected chi connectivity index (χ1v) is 9.06. The van der Waals surface area contributed by atoms with Gasteiger partial charge in [0.1, 0.15) is 13.2 Å². The monoisotopic (exact) mass is 308 g/mol. The molecule has 1 aliphatic carbocycles. The van der Waals surface area contributed by atoms with Crippen LogP contribution in [0.4, 0.5) is 0 Å². The Bertz CT molecular complexity index is 341. The van der Waals surface area contributed by atoms with Crippen LogP contribution >= 0.6 is 7.82 Å². The van der Waals surface area contributed by atoms with E-state index in [0.717, 1.165) is 19.3 Å². The molecule has 0 aliphatic heterocycles. The number of phosphoric ester groups is 1. The molecule has 0 amide bonds. The highest BCUT2D eigenvalue weighted by Crippen LogP contribution is 2.48. The molecule has 0 radical (unpaired) electrons. The Morgan fingerprint density at radius 1 is 1.25 bits per heavy atom. The number of hydrogen-bond donors (Lipinski definition) is 1. The van der Waals surface area contributed by atoms with Crippen LogP contribution in [0.1, 0.15) is 39.5 Å². The summed E-state index contributed by atoms with van der Waals surface area (Å²) in [5, 5.41) is 0. The zero-order valence-electron chi connectivity index (χ0n) is 13.5. The second kappa shape index (κ2) is 7.37. The number of hydrogen-bond acceptors (Lipinski definition) is 3. The third-order valence-corrected chi connectivity index (χ3v) is 4.94. The predicted molar refractivity (Wildman–Crippen MR) is 80.3 cm³/mol. The molecule has 0 saturated heterocycles. The van der Waals surface area contributed by atoms with Crippen molar-refractivity contribution in [3.63, 3.8) is 0 Å². The number of likely N-dealkylation sites (N-methyl/N-ethyl adjacent to an activating group) is 1. The summed E-state index contributed by atoms with van der Waals surface area (Å²) >= 11 is 0. The molecule has 20 heavy (non-hydrogen) atoms. The first-order valence-electron chi connectivity index (χ1n) is 7.57. The number of rotatable bonds is 7. The largest absolute Gasteiger partial charge is 0.472 e. The fourth-order valence-corrected chi connectivity index (χ4v) is 3.63. The van der Waals surface area contributed by atoms with Crippen LogP contribution in [0.5, 0.6) is 0 Å². The minimum absolute atomic E-state index is 0.149. The molecular formula is C14H31NO4P+. The average molecular weight is 308 g/mol. The molecular weight excluding hydrogens is 277 g/mol. The van der Waals surface area contributed by atoms with Gasteiger partial charge >= 0.3 is 7.82 Å². The quantitative estimate of drug-likeness (QED) is 0.580. The van der Waals surface area contributed by atoms with Crippen molar-refractivity contribution in [2.75, 3.05) is 34.3 Å². The molecule has 0 aromatic heterocycles. The molecule has 0 aromatic carbocycles. The zero-order valence-corrected chi connectivity index (χ0v) is 14.4. The Hall–Kier alpha value is 0.0700. The van der Waals surface area contributed by atoms with Crippen LogP contribution in [-0.4, -0.2) is 49.8 Å². The lowest BCUT2D eigenvalue weighted by molar-refractivity contribution is -0.870. The normalized spacial score (nSPS) is 27.6. The molecule has 3 atom stereocenters. The van der Waals surface area contributed by atoms with E-state index in [0.29, 0.717) is 22.9 Å². The van der Waals surface area contributed by atoms with Gasteiger partial charge in [0.2, 0.25) is 0 Å². The topological polar surface area (TPSA) is 55.8 Å². The summed E-state index contributed by atoms with van der Waals surface area (Å²) in [4.78, 5) is 9.87. The Balaban J connectivity index is 2.49. The third-order valence-electron chi connectivity index (χ3n) is 3.90. The predicted octanol–water partition coefficient (Wildman–Crippen LogP) is 3.04. The maximum atomic E-state index is 12.0. The van der Waals surface area contributed by atoms with Crippen LogP contribution < -0.4 is 0 Å². The lowest BCUT2D eigenvalue weighted by atomic mass is 9.79. The number of quaternary nitrogens is 1. The second-order valence-electron chi connectivity index (χ2n) is 7.15. The summed E-state index contributed by atoms with van der Waals surface area (Å²) < 4.78 is 23.3. The third kappa shape index (κ3) is 6.68. The summed E-state index contributed by atoms with van der Waals surface area (Å²) in [6.07, 6.45) is 4.02. The van der Waals surface area contributed by atoms with Crippen molar-refractivity contribution in [3.05, 3.63) is 0 Å². The highest BCUT2D eigenvalue weighted by molar-refractivity contribution is 7.47. The summed E-state index contributed by atoms with van der Waals surface area (Å²) in [6.45, 7) is 5.20. The summed E-state index contributed by atoms with van der Waals surface area (Å²) in [6, 6.07) is 0. The summed E-state index contributed by atoms with van der Waals surface area (Å²) in [7, 11) is 2.11. The van der Waals surface area contributed by atoms with Crippen molar-refractivity contribution in [2.45, 2.75) is 45.6 Å². The molecule has 0 spiro atoms. The number of phosphoric acid groups is 1. The van der Waals surface area contributed by atoms with Gasteiger partial charge in [-0.25, -0.2) is 4.57 Å². The van der Waals surface area contributed by atoms with E-state index in [1.807, 2.05) is 21.1 Å². The summed E-state index contributed by atoms with van der Waals surface area (Å²) in [5.74, 6) is 0.817. The van der Waals surface area contributed by atoms with Crippen molar-refractivity contribution in [1.29, 1.82) is 0 Å². The molecule has 0 aromatic rings. The highest BCUT2D eigenvalue weighted by atomic mass is 31.2. The smallest absolute Gasteiger partial charge is 0.329 e. The van der Waals surface area contributed by atoms with Gasteiger partial charge in [-0.3, -0.25) is 9.05 Å². The molecule has 1 rings (SSSR count). The van der Waals surface area contributed by atoms with Gasteiger partial charge in [0.15, 0.2) is 0 Å². The van der Waals surface area contributed by atoms with Crippen LogP contribution in [0.2, 0.25) is 0 Å². The molecule has 0 bridgehead atoms. The van der Waals surface area contributed by atoms with E-state index in [1.165, 1.54) is 6.42 Å². The molecule has 1 N–H and O–H groups in total. The molecule has 3 unspecified atom stereocenters. The van der Waals surface area contributed by atoms with Gasteiger partial charge in [0.05, 0.1) is 27.2 Å². The van der Waals surface area contributed by atoms with Gasteiger partial charge < -0.3 is 9.38 Å². The molecule has 5 nitrogen and oxygen atoms in total. The van der Waals surface area contributed by atoms with Crippen molar-refractivity contribution < 1.29 is 23.0 Å². The Morgan fingerprint density at radius 2 is 1.85 bits per heavy atom. The second-order valence-corrected chi connectivity index (χ2v) is 8.56. The minimum atomic E-state index is -3.93. The van der Waals surface area contributed by atoms with Gasteiger partial charge in [-0.05, 0) is 24.7 Å². The molecule has 1 aliphatic rings. The first-order chi connectivity index (χ1) is 9.11. The maximum absolute atomic E-state index is 12.0. The van der Waals surface area contributed by atoms with Crippen LogP contribution in [0.3, 0.4) is 0 Å². The van der Waals surface area contributed by atoms with E-state index in [4.69, 9.17) is 9.05 Å². The van der Waals surface area contributed by atoms with Gasteiger partial charge in [-0.15, -0.1) is 0 Å². The Kier molecular flexibility index (Phi) is 6.68. The van der Waals surface area contributed by atoms with E-state index in [9.17, 15) is 9.46 Å². The van der Waals surface area contributed by atoms with Crippen molar-refractivity contribution >= 4 is 7.82 Å².